The van der Waals surface area contributed by atoms with Crippen molar-refractivity contribution in [3.8, 4) is 0 Å². The lowest BCUT2D eigenvalue weighted by molar-refractivity contribution is 0.575. The van der Waals surface area contributed by atoms with Crippen molar-refractivity contribution in [2.75, 3.05) is 25.6 Å². The van der Waals surface area contributed by atoms with Gasteiger partial charge in [-0.3, -0.25) is 0 Å². The fourth-order valence-electron chi connectivity index (χ4n) is 2.08. The van der Waals surface area contributed by atoms with Crippen LogP contribution >= 0.6 is 11.8 Å². The fourth-order valence-corrected chi connectivity index (χ4v) is 3.94. The maximum atomic E-state index is 12.4. The van der Waals surface area contributed by atoms with Crippen molar-refractivity contribution >= 4 is 21.8 Å². The highest BCUT2D eigenvalue weighted by molar-refractivity contribution is 7.98. The third kappa shape index (κ3) is 6.38. The lowest BCUT2D eigenvalue weighted by Crippen LogP contribution is -2.25. The van der Waals surface area contributed by atoms with Gasteiger partial charge in [0.25, 0.3) is 0 Å². The highest BCUT2D eigenvalue weighted by Gasteiger charge is 2.16. The van der Waals surface area contributed by atoms with E-state index in [4.69, 9.17) is 0 Å². The fraction of sp³-hybridized carbons (Fsp3) is 0.600. The summed E-state index contributed by atoms with van der Waals surface area (Å²) >= 11 is 1.83. The number of hydrogen-bond acceptors (Lipinski definition) is 4. The van der Waals surface area contributed by atoms with Gasteiger partial charge in [-0.15, -0.1) is 0 Å². The Kier molecular flexibility index (Phi) is 8.33. The Morgan fingerprint density at radius 3 is 2.62 bits per heavy atom. The molecule has 21 heavy (non-hydrogen) atoms. The van der Waals surface area contributed by atoms with Gasteiger partial charge in [-0.25, -0.2) is 13.1 Å². The summed E-state index contributed by atoms with van der Waals surface area (Å²) in [5.41, 5.74) is 1.76. The molecule has 0 unspecified atom stereocenters. The van der Waals surface area contributed by atoms with Crippen LogP contribution in [0.25, 0.3) is 0 Å². The first kappa shape index (κ1) is 18.5. The molecule has 1 aromatic carbocycles. The SMILES string of the molecule is CNCc1ccc(C)c(S(=O)(=O)NCCCCCSC)c1. The van der Waals surface area contributed by atoms with Gasteiger partial charge < -0.3 is 5.32 Å². The lowest BCUT2D eigenvalue weighted by Gasteiger charge is -2.11. The van der Waals surface area contributed by atoms with Crippen molar-refractivity contribution in [3.63, 3.8) is 0 Å². The van der Waals surface area contributed by atoms with Crippen LogP contribution < -0.4 is 10.0 Å². The molecule has 0 heterocycles. The van der Waals surface area contributed by atoms with E-state index in [-0.39, 0.29) is 0 Å². The van der Waals surface area contributed by atoms with Gasteiger partial charge in [0.05, 0.1) is 4.90 Å². The number of unbranched alkanes of at least 4 members (excludes halogenated alkanes) is 2. The van der Waals surface area contributed by atoms with Crippen LogP contribution in [-0.4, -0.2) is 34.0 Å². The Labute approximate surface area is 133 Å². The Bertz CT molecular complexity index is 530. The first-order valence-corrected chi connectivity index (χ1v) is 10.1. The molecule has 0 saturated carbocycles. The minimum Gasteiger partial charge on any atom is -0.316 e. The van der Waals surface area contributed by atoms with Gasteiger partial charge in [0.2, 0.25) is 10.0 Å². The normalized spacial score (nSPS) is 11.8. The molecule has 120 valence electrons. The Morgan fingerprint density at radius 1 is 1.19 bits per heavy atom. The summed E-state index contributed by atoms with van der Waals surface area (Å²) in [6.45, 7) is 3.00. The molecule has 0 aliphatic heterocycles. The van der Waals surface area contributed by atoms with E-state index in [9.17, 15) is 8.42 Å². The Hall–Kier alpha value is -0.560. The molecule has 0 aliphatic carbocycles. The summed E-state index contributed by atoms with van der Waals surface area (Å²) in [6.07, 6.45) is 5.17. The highest BCUT2D eigenvalue weighted by Crippen LogP contribution is 2.17. The van der Waals surface area contributed by atoms with Gasteiger partial charge in [-0.1, -0.05) is 18.6 Å². The minimum atomic E-state index is -3.41. The summed E-state index contributed by atoms with van der Waals surface area (Å²) in [5.74, 6) is 1.14. The molecule has 0 atom stereocenters. The van der Waals surface area contributed by atoms with Crippen LogP contribution in [0.15, 0.2) is 23.1 Å². The topological polar surface area (TPSA) is 58.2 Å². The van der Waals surface area contributed by atoms with Gasteiger partial charge in [0.15, 0.2) is 0 Å². The van der Waals surface area contributed by atoms with E-state index in [1.54, 1.807) is 6.07 Å². The van der Waals surface area contributed by atoms with Gasteiger partial charge >= 0.3 is 0 Å². The van der Waals surface area contributed by atoms with Crippen LogP contribution in [0.2, 0.25) is 0 Å². The largest absolute Gasteiger partial charge is 0.316 e. The summed E-state index contributed by atoms with van der Waals surface area (Å²) in [6, 6.07) is 5.56. The zero-order valence-electron chi connectivity index (χ0n) is 13.1. The van der Waals surface area contributed by atoms with E-state index >= 15 is 0 Å². The van der Waals surface area contributed by atoms with Crippen LogP contribution in [0.1, 0.15) is 30.4 Å². The molecule has 0 aromatic heterocycles. The average molecular weight is 331 g/mol. The minimum absolute atomic E-state index is 0.388. The molecule has 0 bridgehead atoms. The molecule has 4 nitrogen and oxygen atoms in total. The zero-order valence-corrected chi connectivity index (χ0v) is 14.7. The lowest BCUT2D eigenvalue weighted by atomic mass is 10.1. The number of aryl methyl sites for hydroxylation is 1. The van der Waals surface area contributed by atoms with Crippen LogP contribution in [-0.2, 0) is 16.6 Å². The Morgan fingerprint density at radius 2 is 1.95 bits per heavy atom. The molecule has 6 heteroatoms. The van der Waals surface area contributed by atoms with Gasteiger partial charge in [0.1, 0.15) is 0 Å². The standard InChI is InChI=1S/C15H26N2O2S2/c1-13-7-8-14(12-16-2)11-15(13)21(18,19)17-9-5-4-6-10-20-3/h7-8,11,16-17H,4-6,9-10,12H2,1-3H3. The van der Waals surface area contributed by atoms with Crippen molar-refractivity contribution in [1.82, 2.24) is 10.0 Å². The Balaban J connectivity index is 2.63. The third-order valence-electron chi connectivity index (χ3n) is 3.24. The van der Waals surface area contributed by atoms with Crippen molar-refractivity contribution in [1.29, 1.82) is 0 Å². The second-order valence-electron chi connectivity index (χ2n) is 5.08. The van der Waals surface area contributed by atoms with Crippen LogP contribution in [0, 0.1) is 6.92 Å². The van der Waals surface area contributed by atoms with Gasteiger partial charge in [0, 0.05) is 13.1 Å². The summed E-state index contributed by atoms with van der Waals surface area (Å²) in [5, 5.41) is 3.04. The third-order valence-corrected chi connectivity index (χ3v) is 5.54. The van der Waals surface area contributed by atoms with Gasteiger partial charge in [-0.05, 0) is 56.0 Å². The quantitative estimate of drug-likeness (QED) is 0.647. The van der Waals surface area contributed by atoms with E-state index in [0.29, 0.717) is 18.0 Å². The monoisotopic (exact) mass is 330 g/mol. The zero-order chi connectivity index (χ0) is 15.7. The summed E-state index contributed by atoms with van der Waals surface area (Å²) < 4.78 is 27.4. The maximum Gasteiger partial charge on any atom is 0.240 e. The second-order valence-corrected chi connectivity index (χ2v) is 7.80. The molecule has 1 aromatic rings. The smallest absolute Gasteiger partial charge is 0.240 e. The molecule has 0 fully saturated rings. The van der Waals surface area contributed by atoms with Crippen LogP contribution in [0.3, 0.4) is 0 Å². The highest BCUT2D eigenvalue weighted by atomic mass is 32.2. The van der Waals surface area contributed by atoms with E-state index < -0.39 is 10.0 Å². The van der Waals surface area contributed by atoms with E-state index in [0.717, 1.165) is 36.1 Å². The molecule has 2 N–H and O–H groups in total. The number of hydrogen-bond donors (Lipinski definition) is 2. The molecule has 0 saturated heterocycles. The van der Waals surface area contributed by atoms with E-state index in [1.807, 2.05) is 37.9 Å². The number of rotatable bonds is 10. The van der Waals surface area contributed by atoms with Crippen molar-refractivity contribution in [2.45, 2.75) is 37.6 Å². The first-order valence-electron chi connectivity index (χ1n) is 7.24. The number of benzene rings is 1. The van der Waals surface area contributed by atoms with Crippen molar-refractivity contribution < 1.29 is 8.42 Å². The van der Waals surface area contributed by atoms with E-state index in [1.165, 1.54) is 0 Å². The molecular weight excluding hydrogens is 304 g/mol. The molecule has 0 spiro atoms. The number of thioether (sulfide) groups is 1. The second kappa shape index (κ2) is 9.46. The van der Waals surface area contributed by atoms with Crippen molar-refractivity contribution in [3.05, 3.63) is 29.3 Å². The number of sulfonamides is 1. The summed E-state index contributed by atoms with van der Waals surface area (Å²) in [4.78, 5) is 0.388. The van der Waals surface area contributed by atoms with Gasteiger partial charge in [-0.2, -0.15) is 11.8 Å². The maximum absolute atomic E-state index is 12.4. The molecule has 1 rings (SSSR count). The first-order chi connectivity index (χ1) is 10.0. The molecule has 0 aliphatic rings. The van der Waals surface area contributed by atoms with Crippen LogP contribution in [0.4, 0.5) is 0 Å². The van der Waals surface area contributed by atoms with Crippen LogP contribution in [0.5, 0.6) is 0 Å². The predicted molar refractivity (Wildman–Crippen MR) is 91.4 cm³/mol. The molecule has 0 amide bonds. The van der Waals surface area contributed by atoms with Crippen molar-refractivity contribution in [2.24, 2.45) is 0 Å². The summed E-state index contributed by atoms with van der Waals surface area (Å²) in [7, 11) is -1.56. The molecule has 0 radical (unpaired) electrons. The average Bonchev–Trinajstić information content (AvgIpc) is 2.45. The number of nitrogens with one attached hydrogen (secondary N) is 2. The van der Waals surface area contributed by atoms with E-state index in [2.05, 4.69) is 16.3 Å². The molecular formula is C15H26N2O2S2. The predicted octanol–water partition coefficient (Wildman–Crippen LogP) is 2.53.